The van der Waals surface area contributed by atoms with E-state index in [0.29, 0.717) is 6.04 Å². The minimum Gasteiger partial charge on any atom is -0.472 e. The first-order valence-corrected chi connectivity index (χ1v) is 5.10. The Morgan fingerprint density at radius 1 is 1.57 bits per heavy atom. The maximum atomic E-state index is 5.07. The van der Waals surface area contributed by atoms with E-state index in [1.807, 2.05) is 6.07 Å². The first-order chi connectivity index (χ1) is 6.86. The molecular formula is C11H19NO2. The molecule has 14 heavy (non-hydrogen) atoms. The first-order valence-electron chi connectivity index (χ1n) is 5.10. The highest BCUT2D eigenvalue weighted by molar-refractivity contribution is 5.07. The zero-order valence-electron chi connectivity index (χ0n) is 8.95. The van der Waals surface area contributed by atoms with E-state index in [2.05, 4.69) is 12.2 Å². The molecule has 0 saturated heterocycles. The SMILES string of the molecule is CCNC(CCOC)Cc1ccoc1. The van der Waals surface area contributed by atoms with Gasteiger partial charge in [0.25, 0.3) is 0 Å². The van der Waals surface area contributed by atoms with Crippen molar-refractivity contribution in [3.05, 3.63) is 24.2 Å². The first kappa shape index (κ1) is 11.3. The molecule has 0 saturated carbocycles. The van der Waals surface area contributed by atoms with Crippen LogP contribution in [0.5, 0.6) is 0 Å². The van der Waals surface area contributed by atoms with Gasteiger partial charge >= 0.3 is 0 Å². The summed E-state index contributed by atoms with van der Waals surface area (Å²) in [5.74, 6) is 0. The van der Waals surface area contributed by atoms with Crippen LogP contribution in [-0.4, -0.2) is 26.3 Å². The minimum atomic E-state index is 0.484. The van der Waals surface area contributed by atoms with Gasteiger partial charge in [-0.3, -0.25) is 0 Å². The highest BCUT2D eigenvalue weighted by atomic mass is 16.5. The van der Waals surface area contributed by atoms with Crippen LogP contribution in [0.3, 0.4) is 0 Å². The molecule has 1 aromatic rings. The number of furan rings is 1. The van der Waals surface area contributed by atoms with Crippen LogP contribution in [0.2, 0.25) is 0 Å². The maximum absolute atomic E-state index is 5.07. The van der Waals surface area contributed by atoms with Gasteiger partial charge in [0.2, 0.25) is 0 Å². The number of ether oxygens (including phenoxy) is 1. The zero-order valence-corrected chi connectivity index (χ0v) is 8.95. The third-order valence-electron chi connectivity index (χ3n) is 2.23. The van der Waals surface area contributed by atoms with Gasteiger partial charge in [0, 0.05) is 19.8 Å². The molecule has 0 radical (unpaired) electrons. The van der Waals surface area contributed by atoms with Crippen LogP contribution < -0.4 is 5.32 Å². The van der Waals surface area contributed by atoms with Gasteiger partial charge < -0.3 is 14.5 Å². The van der Waals surface area contributed by atoms with Crippen molar-refractivity contribution in [3.8, 4) is 0 Å². The van der Waals surface area contributed by atoms with Crippen LogP contribution in [0, 0.1) is 0 Å². The van der Waals surface area contributed by atoms with Crippen molar-refractivity contribution in [2.75, 3.05) is 20.3 Å². The largest absolute Gasteiger partial charge is 0.472 e. The third-order valence-corrected chi connectivity index (χ3v) is 2.23. The normalized spacial score (nSPS) is 13.0. The van der Waals surface area contributed by atoms with Crippen LogP contribution in [0.4, 0.5) is 0 Å². The molecule has 1 atom stereocenters. The average molecular weight is 197 g/mol. The quantitative estimate of drug-likeness (QED) is 0.724. The van der Waals surface area contributed by atoms with Crippen LogP contribution in [0.1, 0.15) is 18.9 Å². The summed E-state index contributed by atoms with van der Waals surface area (Å²) in [5.41, 5.74) is 1.24. The number of hydrogen-bond donors (Lipinski definition) is 1. The monoisotopic (exact) mass is 197 g/mol. The molecule has 0 aliphatic rings. The van der Waals surface area contributed by atoms with Crippen LogP contribution >= 0.6 is 0 Å². The van der Waals surface area contributed by atoms with Crippen molar-refractivity contribution in [1.82, 2.24) is 5.32 Å². The van der Waals surface area contributed by atoms with Gasteiger partial charge in [0.1, 0.15) is 0 Å². The maximum Gasteiger partial charge on any atom is 0.0935 e. The van der Waals surface area contributed by atoms with Gasteiger partial charge in [0.15, 0.2) is 0 Å². The third kappa shape index (κ3) is 3.94. The molecular weight excluding hydrogens is 178 g/mol. The van der Waals surface area contributed by atoms with Crippen molar-refractivity contribution in [1.29, 1.82) is 0 Å². The molecule has 1 rings (SSSR count). The number of likely N-dealkylation sites (N-methyl/N-ethyl adjacent to an activating group) is 1. The second-order valence-corrected chi connectivity index (χ2v) is 3.37. The Kier molecular flexibility index (Phi) is 5.33. The van der Waals surface area contributed by atoms with Crippen molar-refractivity contribution in [3.63, 3.8) is 0 Å². The Morgan fingerprint density at radius 3 is 3.00 bits per heavy atom. The number of rotatable bonds is 7. The molecule has 1 heterocycles. The molecule has 80 valence electrons. The van der Waals surface area contributed by atoms with Crippen molar-refractivity contribution in [2.24, 2.45) is 0 Å². The lowest BCUT2D eigenvalue weighted by atomic mass is 10.1. The van der Waals surface area contributed by atoms with E-state index in [0.717, 1.165) is 26.0 Å². The smallest absolute Gasteiger partial charge is 0.0935 e. The molecule has 1 N–H and O–H groups in total. The minimum absolute atomic E-state index is 0.484. The van der Waals surface area contributed by atoms with E-state index in [1.165, 1.54) is 5.56 Å². The van der Waals surface area contributed by atoms with E-state index in [9.17, 15) is 0 Å². The lowest BCUT2D eigenvalue weighted by Gasteiger charge is -2.16. The second-order valence-electron chi connectivity index (χ2n) is 3.37. The molecule has 3 nitrogen and oxygen atoms in total. The molecule has 0 aliphatic heterocycles. The fraction of sp³-hybridized carbons (Fsp3) is 0.636. The van der Waals surface area contributed by atoms with Crippen LogP contribution in [-0.2, 0) is 11.2 Å². The molecule has 0 amide bonds. The summed E-state index contributed by atoms with van der Waals surface area (Å²) in [5, 5.41) is 3.43. The number of methoxy groups -OCH3 is 1. The summed E-state index contributed by atoms with van der Waals surface area (Å²) in [4.78, 5) is 0. The lowest BCUT2D eigenvalue weighted by Crippen LogP contribution is -2.31. The zero-order chi connectivity index (χ0) is 10.2. The highest BCUT2D eigenvalue weighted by Gasteiger charge is 2.08. The van der Waals surface area contributed by atoms with Crippen molar-refractivity contribution < 1.29 is 9.15 Å². The van der Waals surface area contributed by atoms with Crippen molar-refractivity contribution >= 4 is 0 Å². The van der Waals surface area contributed by atoms with E-state index in [4.69, 9.17) is 9.15 Å². The predicted octanol–water partition coefficient (Wildman–Crippen LogP) is 1.84. The Labute approximate surface area is 85.4 Å². The van der Waals surface area contributed by atoms with Gasteiger partial charge in [-0.05, 0) is 31.0 Å². The Bertz CT molecular complexity index is 221. The van der Waals surface area contributed by atoms with E-state index in [-0.39, 0.29) is 0 Å². The van der Waals surface area contributed by atoms with Gasteiger partial charge in [0.05, 0.1) is 12.5 Å². The molecule has 0 bridgehead atoms. The molecule has 0 aromatic carbocycles. The van der Waals surface area contributed by atoms with E-state index >= 15 is 0 Å². The fourth-order valence-electron chi connectivity index (χ4n) is 1.52. The fourth-order valence-corrected chi connectivity index (χ4v) is 1.52. The van der Waals surface area contributed by atoms with Gasteiger partial charge in [-0.25, -0.2) is 0 Å². The molecule has 0 fully saturated rings. The topological polar surface area (TPSA) is 34.4 Å². The Balaban J connectivity index is 2.34. The average Bonchev–Trinajstić information content (AvgIpc) is 2.67. The van der Waals surface area contributed by atoms with Crippen LogP contribution in [0.25, 0.3) is 0 Å². The summed E-state index contributed by atoms with van der Waals surface area (Å²) in [7, 11) is 1.74. The van der Waals surface area contributed by atoms with E-state index < -0.39 is 0 Å². The number of nitrogens with one attached hydrogen (secondary N) is 1. The van der Waals surface area contributed by atoms with Gasteiger partial charge in [-0.15, -0.1) is 0 Å². The Morgan fingerprint density at radius 2 is 2.43 bits per heavy atom. The van der Waals surface area contributed by atoms with Crippen LogP contribution in [0.15, 0.2) is 23.0 Å². The molecule has 0 aliphatic carbocycles. The summed E-state index contributed by atoms with van der Waals surface area (Å²) in [6.07, 6.45) is 5.56. The molecule has 3 heteroatoms. The standard InChI is InChI=1S/C11H19NO2/c1-3-12-11(5-6-13-2)8-10-4-7-14-9-10/h4,7,9,11-12H,3,5-6,8H2,1-2H3. The van der Waals surface area contributed by atoms with E-state index in [1.54, 1.807) is 19.6 Å². The second kappa shape index (κ2) is 6.62. The Hall–Kier alpha value is -0.800. The lowest BCUT2D eigenvalue weighted by molar-refractivity contribution is 0.183. The molecule has 0 spiro atoms. The number of hydrogen-bond acceptors (Lipinski definition) is 3. The molecule has 1 unspecified atom stereocenters. The summed E-state index contributed by atoms with van der Waals surface area (Å²) >= 11 is 0. The summed E-state index contributed by atoms with van der Waals surface area (Å²) in [6.45, 7) is 3.91. The predicted molar refractivity (Wildman–Crippen MR) is 56.4 cm³/mol. The summed E-state index contributed by atoms with van der Waals surface area (Å²) in [6, 6.07) is 2.49. The summed E-state index contributed by atoms with van der Waals surface area (Å²) < 4.78 is 10.1. The van der Waals surface area contributed by atoms with Crippen molar-refractivity contribution in [2.45, 2.75) is 25.8 Å². The van der Waals surface area contributed by atoms with Gasteiger partial charge in [-0.2, -0.15) is 0 Å². The van der Waals surface area contributed by atoms with Gasteiger partial charge in [-0.1, -0.05) is 6.92 Å². The molecule has 1 aromatic heterocycles. The highest BCUT2D eigenvalue weighted by Crippen LogP contribution is 2.06.